The molecule has 0 aliphatic carbocycles. The fraction of sp³-hybridized carbons (Fsp3) is 0.417. The maximum Gasteiger partial charge on any atom is 0.394 e. The summed E-state index contributed by atoms with van der Waals surface area (Å²) in [7, 11) is 0. The number of hydrogen-bond donors (Lipinski definition) is 1. The van der Waals surface area contributed by atoms with Gasteiger partial charge in [0.25, 0.3) is 0 Å². The Labute approximate surface area is 351 Å². The van der Waals surface area contributed by atoms with E-state index < -0.39 is 11.6 Å². The van der Waals surface area contributed by atoms with Gasteiger partial charge in [0.1, 0.15) is 5.76 Å². The number of fused-ring (bicyclic) bond motifs is 1. The van der Waals surface area contributed by atoms with E-state index in [0.29, 0.717) is 5.56 Å². The first-order valence-electron chi connectivity index (χ1n) is 19.8. The van der Waals surface area contributed by atoms with Crippen LogP contribution >= 0.6 is 11.3 Å². The van der Waals surface area contributed by atoms with Crippen molar-refractivity contribution in [3.8, 4) is 32.8 Å². The number of aryl methyl sites for hydroxylation is 3. The van der Waals surface area contributed by atoms with Crippen LogP contribution < -0.4 is 0 Å². The van der Waals surface area contributed by atoms with Crippen molar-refractivity contribution in [1.82, 2.24) is 4.98 Å². The fourth-order valence-electron chi connectivity index (χ4n) is 6.49. The van der Waals surface area contributed by atoms with Crippen molar-refractivity contribution in [2.45, 2.75) is 114 Å². The minimum Gasteiger partial charge on any atom is -0.512 e. The summed E-state index contributed by atoms with van der Waals surface area (Å²) in [6, 6.07) is 24.9. The Kier molecular flexibility index (Phi) is 15.1. The number of halogens is 3. The first-order chi connectivity index (χ1) is 26.1. The van der Waals surface area contributed by atoms with E-state index in [1.165, 1.54) is 19.9 Å². The summed E-state index contributed by atoms with van der Waals surface area (Å²) >= 11 is 1.67. The minimum atomic E-state index is -4.25. The second-order valence-corrected chi connectivity index (χ2v) is 17.1. The van der Waals surface area contributed by atoms with Gasteiger partial charge in [-0.2, -0.15) is 13.2 Å². The average molecular weight is 962 g/mol. The van der Waals surface area contributed by atoms with Crippen LogP contribution in [0.25, 0.3) is 42.9 Å². The molecule has 0 bridgehead atoms. The molecule has 5 aromatic rings. The molecule has 0 aliphatic rings. The Bertz CT molecular complexity index is 2160. The normalized spacial score (nSPS) is 12.8. The molecule has 0 amide bonds. The molecule has 5 rings (SSSR count). The van der Waals surface area contributed by atoms with E-state index in [1.807, 2.05) is 78.8 Å². The number of thiophene rings is 1. The van der Waals surface area contributed by atoms with E-state index in [-0.39, 0.29) is 55.1 Å². The van der Waals surface area contributed by atoms with Crippen LogP contribution in [-0.2, 0) is 31.3 Å². The molecular weight excluding hydrogens is 904 g/mol. The molecule has 303 valence electrons. The van der Waals surface area contributed by atoms with Crippen LogP contribution in [-0.4, -0.2) is 22.1 Å². The number of hydrogen-bond acceptors (Lipinski definition) is 4. The van der Waals surface area contributed by atoms with Gasteiger partial charge >= 0.3 is 6.18 Å². The summed E-state index contributed by atoms with van der Waals surface area (Å²) in [6.45, 7) is 20.7. The van der Waals surface area contributed by atoms with Crippen molar-refractivity contribution < 1.29 is 44.5 Å². The molecule has 56 heavy (non-hydrogen) atoms. The van der Waals surface area contributed by atoms with Gasteiger partial charge in [0.05, 0.1) is 6.79 Å². The third-order valence-electron chi connectivity index (χ3n) is 11.6. The Morgan fingerprint density at radius 1 is 0.821 bits per heavy atom. The van der Waals surface area contributed by atoms with Gasteiger partial charge in [0.15, 0.2) is 5.78 Å². The molecule has 1 N–H and O–H groups in total. The Hall–Kier alpha value is -3.58. The average Bonchev–Trinajstić information content (AvgIpc) is 3.48. The molecule has 0 saturated heterocycles. The number of ketones is 1. The summed E-state index contributed by atoms with van der Waals surface area (Å²) in [5.41, 5.74) is 6.29. The van der Waals surface area contributed by atoms with Crippen LogP contribution in [0.4, 0.5) is 13.2 Å². The van der Waals surface area contributed by atoms with Gasteiger partial charge in [0, 0.05) is 58.5 Å². The summed E-state index contributed by atoms with van der Waals surface area (Å²) in [4.78, 5) is 17.9. The van der Waals surface area contributed by atoms with Gasteiger partial charge in [0.2, 0.25) is 0 Å². The van der Waals surface area contributed by atoms with Crippen LogP contribution in [0, 0.1) is 43.1 Å². The van der Waals surface area contributed by atoms with Crippen LogP contribution in [0.3, 0.4) is 0 Å². The van der Waals surface area contributed by atoms with Crippen LogP contribution in [0.15, 0.2) is 84.7 Å². The van der Waals surface area contributed by atoms with Crippen LogP contribution in [0.5, 0.6) is 0 Å². The predicted octanol–water partition coefficient (Wildman–Crippen LogP) is 14.8. The summed E-state index contributed by atoms with van der Waals surface area (Å²) in [6.07, 6.45) is 0.680. The van der Waals surface area contributed by atoms with Crippen molar-refractivity contribution >= 4 is 27.2 Å². The summed E-state index contributed by atoms with van der Waals surface area (Å²) < 4.78 is 49.2. The number of allylic oxidation sites excluding steroid dienone is 2. The molecule has 0 atom stereocenters. The molecule has 0 unspecified atom stereocenters. The standard InChI is InChI=1S/C33H29F3NS.C15H28O2.Ir/c1-20-16-21(2)18-27(17-20)29-31-28(14-15-37-29)22(3)30(38-31)26-12-10-25(11-13-26)24-8-6-23(7-9-24)19-32(4,5)33(34,35)36;1-7-14(5,8-2)12(16)11-13(17)15(6,9-3)10-4;/h6-17H,19H2,1-5H3;11,16H,7-10H2,1-6H3;/q-1;;/b;12-11-;/i15D;;. The van der Waals surface area contributed by atoms with Crippen molar-refractivity contribution in [2.75, 3.05) is 0 Å². The molecule has 2 aromatic heterocycles. The third-order valence-corrected chi connectivity index (χ3v) is 13.0. The molecule has 1 radical (unpaired) electrons. The number of benzene rings is 3. The monoisotopic (exact) mass is 962 g/mol. The Morgan fingerprint density at radius 2 is 1.34 bits per heavy atom. The molecule has 3 aromatic carbocycles. The first kappa shape index (κ1) is 45.1. The smallest absolute Gasteiger partial charge is 0.394 e. The zero-order valence-electron chi connectivity index (χ0n) is 35.6. The first-order valence-corrected chi connectivity index (χ1v) is 20.1. The molecular formula is C48H57F3IrNO2S-. The number of rotatable bonds is 12. The number of pyridine rings is 1. The topological polar surface area (TPSA) is 50.2 Å². The number of aromatic nitrogens is 1. The number of alkyl halides is 3. The summed E-state index contributed by atoms with van der Waals surface area (Å²) in [5.74, 6) is 0.286. The van der Waals surface area contributed by atoms with Gasteiger partial charge in [-0.1, -0.05) is 118 Å². The van der Waals surface area contributed by atoms with E-state index >= 15 is 0 Å². The molecule has 8 heteroatoms. The molecule has 0 fully saturated rings. The zero-order chi connectivity index (χ0) is 41.8. The van der Waals surface area contributed by atoms with Crippen molar-refractivity contribution in [3.05, 3.63) is 113 Å². The molecule has 0 aliphatic heterocycles. The molecule has 0 saturated carbocycles. The third kappa shape index (κ3) is 10.5. The van der Waals surface area contributed by atoms with Gasteiger partial charge in [-0.3, -0.25) is 4.79 Å². The second-order valence-electron chi connectivity index (χ2n) is 16.0. The van der Waals surface area contributed by atoms with E-state index in [0.717, 1.165) is 85.3 Å². The SMILES string of the molecule is CCC(C)(CC)C(=O)/C=C(\O)C(C)(CC)CC.[2H]c1cc2c(C)c(-c3ccc(-c4ccc(CC(C)(C)C(F)(F)F)cc4)cc3)sc2c(-c2[c-]c(C)cc(C)c2)n1.[Ir]. The molecule has 0 spiro atoms. The van der Waals surface area contributed by atoms with Crippen molar-refractivity contribution in [3.63, 3.8) is 0 Å². The minimum absolute atomic E-state index is 0. The van der Waals surface area contributed by atoms with Crippen LogP contribution in [0.2, 0.25) is 0 Å². The number of nitrogens with zero attached hydrogens (tertiary/aromatic N) is 1. The van der Waals surface area contributed by atoms with Crippen LogP contribution in [0.1, 0.15) is 105 Å². The van der Waals surface area contributed by atoms with E-state index in [1.54, 1.807) is 23.5 Å². The molecule has 3 nitrogen and oxygen atoms in total. The number of carbonyl (C=O) groups is 1. The van der Waals surface area contributed by atoms with E-state index in [4.69, 9.17) is 1.37 Å². The zero-order valence-corrected chi connectivity index (χ0v) is 37.9. The second kappa shape index (κ2) is 18.8. The maximum atomic E-state index is 13.3. The van der Waals surface area contributed by atoms with Gasteiger partial charge in [-0.15, -0.1) is 46.2 Å². The Morgan fingerprint density at radius 3 is 1.84 bits per heavy atom. The van der Waals surface area contributed by atoms with Crippen molar-refractivity contribution in [2.24, 2.45) is 16.2 Å². The summed E-state index contributed by atoms with van der Waals surface area (Å²) in [5, 5.41) is 11.2. The maximum absolute atomic E-state index is 13.3. The fourth-order valence-corrected chi connectivity index (χ4v) is 7.79. The van der Waals surface area contributed by atoms with Gasteiger partial charge < -0.3 is 10.1 Å². The largest absolute Gasteiger partial charge is 0.512 e. The van der Waals surface area contributed by atoms with Crippen molar-refractivity contribution in [1.29, 1.82) is 0 Å². The molecule has 2 heterocycles. The Balaban J connectivity index is 0.000000411. The van der Waals surface area contributed by atoms with E-state index in [9.17, 15) is 23.1 Å². The number of aliphatic hydroxyl groups is 1. The van der Waals surface area contributed by atoms with Gasteiger partial charge in [-0.05, 0) is 78.3 Å². The quantitative estimate of drug-likeness (QED) is 0.0770. The number of carbonyl (C=O) groups excluding carboxylic acids is 1. The van der Waals surface area contributed by atoms with E-state index in [2.05, 4.69) is 49.2 Å². The number of aliphatic hydroxyl groups excluding tert-OH is 1. The predicted molar refractivity (Wildman–Crippen MR) is 226 cm³/mol. The van der Waals surface area contributed by atoms with Gasteiger partial charge in [-0.25, -0.2) is 0 Å².